The maximum atomic E-state index is 13.0. The summed E-state index contributed by atoms with van der Waals surface area (Å²) in [6.07, 6.45) is 1.64. The average molecular weight is 332 g/mol. The van der Waals surface area contributed by atoms with Crippen molar-refractivity contribution >= 4 is 25.3 Å². The standard InChI is InChI=1S/C19H21BN4O/c1-11-7-5-6-8-15(11)18(25)16-10-21-12(2)9-17(16)22-19-13(3)14(4)24(20)23-19/h5-10H,20H2,1-4H3,(H,21,22,23). The number of ketones is 1. The molecule has 0 aliphatic rings. The number of aromatic nitrogens is 3. The van der Waals surface area contributed by atoms with Crippen LogP contribution in [-0.2, 0) is 0 Å². The molecule has 5 nitrogen and oxygen atoms in total. The number of hydrogen-bond acceptors (Lipinski definition) is 4. The average Bonchev–Trinajstić information content (AvgIpc) is 2.82. The van der Waals surface area contributed by atoms with Crippen LogP contribution in [0.15, 0.2) is 36.5 Å². The predicted octanol–water partition coefficient (Wildman–Crippen LogP) is 2.88. The lowest BCUT2D eigenvalue weighted by Gasteiger charge is -2.12. The molecule has 0 radical (unpaired) electrons. The number of carbonyl (C=O) groups excluding carboxylic acids is 1. The van der Waals surface area contributed by atoms with Crippen LogP contribution in [0.25, 0.3) is 0 Å². The van der Waals surface area contributed by atoms with E-state index in [1.807, 2.05) is 70.6 Å². The molecule has 0 unspecified atom stereocenters. The van der Waals surface area contributed by atoms with Crippen molar-refractivity contribution in [3.05, 3.63) is 70.2 Å². The smallest absolute Gasteiger partial charge is 0.249 e. The number of rotatable bonds is 4. The first kappa shape index (κ1) is 17.0. The van der Waals surface area contributed by atoms with Gasteiger partial charge in [-0.25, -0.2) is 0 Å². The van der Waals surface area contributed by atoms with Crippen LogP contribution in [0, 0.1) is 27.7 Å². The molecule has 0 aliphatic heterocycles. The van der Waals surface area contributed by atoms with Crippen molar-refractivity contribution in [3.8, 4) is 0 Å². The molecule has 1 N–H and O–H groups in total. The Kier molecular flexibility index (Phi) is 4.44. The van der Waals surface area contributed by atoms with E-state index in [2.05, 4.69) is 15.4 Å². The number of nitrogens with one attached hydrogen (secondary N) is 1. The van der Waals surface area contributed by atoms with E-state index < -0.39 is 0 Å². The predicted molar refractivity (Wildman–Crippen MR) is 103 cm³/mol. The van der Waals surface area contributed by atoms with E-state index in [0.717, 1.165) is 34.0 Å². The van der Waals surface area contributed by atoms with Crippen LogP contribution < -0.4 is 5.32 Å². The van der Waals surface area contributed by atoms with Gasteiger partial charge in [0.15, 0.2) is 11.6 Å². The van der Waals surface area contributed by atoms with E-state index in [0.29, 0.717) is 11.1 Å². The maximum absolute atomic E-state index is 13.0. The summed E-state index contributed by atoms with van der Waals surface area (Å²) in [5.41, 5.74) is 5.89. The Bertz CT molecular complexity index is 962. The fraction of sp³-hybridized carbons (Fsp3) is 0.211. The largest absolute Gasteiger partial charge is 0.338 e. The summed E-state index contributed by atoms with van der Waals surface area (Å²) < 4.78 is 1.83. The van der Waals surface area contributed by atoms with Gasteiger partial charge in [0.1, 0.15) is 0 Å². The Morgan fingerprint density at radius 2 is 1.84 bits per heavy atom. The third-order valence-corrected chi connectivity index (χ3v) is 4.56. The minimum atomic E-state index is -0.0431. The summed E-state index contributed by atoms with van der Waals surface area (Å²) in [6, 6.07) is 9.47. The summed E-state index contributed by atoms with van der Waals surface area (Å²) in [6.45, 7) is 7.88. The van der Waals surface area contributed by atoms with Crippen LogP contribution in [0.4, 0.5) is 11.5 Å². The molecule has 3 aromatic rings. The van der Waals surface area contributed by atoms with Crippen LogP contribution in [0.5, 0.6) is 0 Å². The molecule has 2 heterocycles. The summed E-state index contributed by atoms with van der Waals surface area (Å²) >= 11 is 0. The molecule has 0 spiro atoms. The Morgan fingerprint density at radius 1 is 1.12 bits per heavy atom. The summed E-state index contributed by atoms with van der Waals surface area (Å²) in [4.78, 5) is 17.4. The van der Waals surface area contributed by atoms with Crippen LogP contribution in [0.2, 0.25) is 0 Å². The molecule has 1 aromatic carbocycles. The number of carbonyl (C=O) groups is 1. The molecule has 0 saturated carbocycles. The topological polar surface area (TPSA) is 59.8 Å². The number of nitrogens with zero attached hydrogens (tertiary/aromatic N) is 3. The highest BCUT2D eigenvalue weighted by Gasteiger charge is 2.18. The van der Waals surface area contributed by atoms with Gasteiger partial charge in [-0.1, -0.05) is 24.3 Å². The second kappa shape index (κ2) is 6.55. The number of hydrogen-bond donors (Lipinski definition) is 1. The summed E-state index contributed by atoms with van der Waals surface area (Å²) in [7, 11) is 1.91. The number of benzene rings is 1. The van der Waals surface area contributed by atoms with Crippen LogP contribution in [-0.4, -0.2) is 28.4 Å². The zero-order chi connectivity index (χ0) is 18.1. The molecular formula is C19H21BN4O. The van der Waals surface area contributed by atoms with E-state index >= 15 is 0 Å². The molecule has 25 heavy (non-hydrogen) atoms. The van der Waals surface area contributed by atoms with Gasteiger partial charge in [0.05, 0.1) is 11.3 Å². The third-order valence-electron chi connectivity index (χ3n) is 4.56. The van der Waals surface area contributed by atoms with Gasteiger partial charge < -0.3 is 9.91 Å². The van der Waals surface area contributed by atoms with E-state index in [1.165, 1.54) is 0 Å². The molecule has 0 fully saturated rings. The van der Waals surface area contributed by atoms with Gasteiger partial charge in [-0.3, -0.25) is 9.78 Å². The first-order valence-electron chi connectivity index (χ1n) is 8.22. The van der Waals surface area contributed by atoms with E-state index in [1.54, 1.807) is 6.20 Å². The van der Waals surface area contributed by atoms with Crippen molar-refractivity contribution in [1.29, 1.82) is 0 Å². The molecule has 0 amide bonds. The van der Waals surface area contributed by atoms with Crippen molar-refractivity contribution in [2.24, 2.45) is 0 Å². The summed E-state index contributed by atoms with van der Waals surface area (Å²) in [5, 5.41) is 7.82. The lowest BCUT2D eigenvalue weighted by molar-refractivity contribution is 0.103. The Labute approximate surface area is 148 Å². The lowest BCUT2D eigenvalue weighted by atomic mass is 9.99. The van der Waals surface area contributed by atoms with Gasteiger partial charge in [0, 0.05) is 28.7 Å². The second-order valence-corrected chi connectivity index (χ2v) is 6.32. The van der Waals surface area contributed by atoms with Gasteiger partial charge in [0.25, 0.3) is 0 Å². The number of pyridine rings is 1. The number of aryl methyl sites for hydroxylation is 2. The van der Waals surface area contributed by atoms with E-state index in [9.17, 15) is 4.79 Å². The molecule has 0 atom stereocenters. The maximum Gasteiger partial charge on any atom is 0.249 e. The molecule has 0 aliphatic carbocycles. The van der Waals surface area contributed by atoms with Gasteiger partial charge in [-0.05, 0) is 39.3 Å². The van der Waals surface area contributed by atoms with Gasteiger partial charge in [0.2, 0.25) is 7.98 Å². The number of anilines is 2. The summed E-state index contributed by atoms with van der Waals surface area (Å²) in [5.74, 6) is 0.711. The first-order chi connectivity index (χ1) is 11.9. The highest BCUT2D eigenvalue weighted by molar-refractivity contribution is 6.13. The third kappa shape index (κ3) is 3.20. The van der Waals surface area contributed by atoms with Gasteiger partial charge >= 0.3 is 0 Å². The second-order valence-electron chi connectivity index (χ2n) is 6.32. The fourth-order valence-electron chi connectivity index (χ4n) is 2.78. The lowest BCUT2D eigenvalue weighted by Crippen LogP contribution is -2.09. The molecular weight excluding hydrogens is 311 g/mol. The molecule has 0 saturated heterocycles. The molecule has 0 bridgehead atoms. The molecule has 2 aromatic heterocycles. The quantitative estimate of drug-likeness (QED) is 0.590. The van der Waals surface area contributed by atoms with Crippen molar-refractivity contribution in [2.75, 3.05) is 5.32 Å². The van der Waals surface area contributed by atoms with E-state index in [4.69, 9.17) is 0 Å². The molecule has 126 valence electrons. The van der Waals surface area contributed by atoms with E-state index in [-0.39, 0.29) is 5.78 Å². The van der Waals surface area contributed by atoms with Crippen LogP contribution in [0.1, 0.15) is 38.4 Å². The fourth-order valence-corrected chi connectivity index (χ4v) is 2.78. The first-order valence-corrected chi connectivity index (χ1v) is 8.22. The minimum absolute atomic E-state index is 0.0431. The van der Waals surface area contributed by atoms with Crippen LogP contribution in [0.3, 0.4) is 0 Å². The normalized spacial score (nSPS) is 10.7. The Balaban J connectivity index is 2.06. The Hall–Kier alpha value is -2.89. The SMILES string of the molecule is Bn1nc(Nc2cc(C)ncc2C(=O)c2ccccc2C)c(C)c1C. The van der Waals surface area contributed by atoms with Crippen molar-refractivity contribution < 1.29 is 4.79 Å². The highest BCUT2D eigenvalue weighted by atomic mass is 16.1. The van der Waals surface area contributed by atoms with Crippen LogP contribution >= 0.6 is 0 Å². The monoisotopic (exact) mass is 332 g/mol. The van der Waals surface area contributed by atoms with Crippen molar-refractivity contribution in [3.63, 3.8) is 0 Å². The zero-order valence-corrected chi connectivity index (χ0v) is 15.2. The Morgan fingerprint density at radius 3 is 2.48 bits per heavy atom. The van der Waals surface area contributed by atoms with Crippen molar-refractivity contribution in [2.45, 2.75) is 27.7 Å². The molecule has 6 heteroatoms. The zero-order valence-electron chi connectivity index (χ0n) is 15.2. The molecule has 3 rings (SSSR count). The van der Waals surface area contributed by atoms with Gasteiger partial charge in [-0.15, -0.1) is 0 Å². The highest BCUT2D eigenvalue weighted by Crippen LogP contribution is 2.26. The van der Waals surface area contributed by atoms with Crippen molar-refractivity contribution in [1.82, 2.24) is 14.7 Å². The minimum Gasteiger partial charge on any atom is -0.338 e. The van der Waals surface area contributed by atoms with Gasteiger partial charge in [-0.2, -0.15) is 5.10 Å².